The first-order valence-corrected chi connectivity index (χ1v) is 11.4. The van der Waals surface area contributed by atoms with Crippen molar-refractivity contribution in [2.24, 2.45) is 0 Å². The zero-order valence-electron chi connectivity index (χ0n) is 16.3. The van der Waals surface area contributed by atoms with E-state index in [1.54, 1.807) is 0 Å². The minimum Gasteiger partial charge on any atom is -0.372 e. The van der Waals surface area contributed by atoms with Crippen LogP contribution in [0.4, 0.5) is 0 Å². The van der Waals surface area contributed by atoms with Crippen LogP contribution >= 0.6 is 56.7 Å². The Kier molecular flexibility index (Phi) is 10.4. The van der Waals surface area contributed by atoms with Gasteiger partial charge in [0.25, 0.3) is 0 Å². The van der Waals surface area contributed by atoms with Crippen LogP contribution in [0.3, 0.4) is 0 Å². The number of hydrogen-bond donors (Lipinski definition) is 1. The van der Waals surface area contributed by atoms with E-state index in [1.807, 2.05) is 0 Å². The molecule has 0 bridgehead atoms. The third-order valence-electron chi connectivity index (χ3n) is 5.58. The van der Waals surface area contributed by atoms with E-state index < -0.39 is 0 Å². The van der Waals surface area contributed by atoms with Gasteiger partial charge in [0.1, 0.15) is 0 Å². The van der Waals surface area contributed by atoms with E-state index in [4.69, 9.17) is 4.74 Å². The molecular formula is C22H28Br2Cl2N2O. The lowest BCUT2D eigenvalue weighted by Crippen LogP contribution is -2.42. The normalized spacial score (nSPS) is 22.0. The molecule has 1 saturated heterocycles. The minimum atomic E-state index is 0. The number of benzene rings is 2. The fourth-order valence-electron chi connectivity index (χ4n) is 4.35. The Bertz CT molecular complexity index is 765. The molecule has 0 saturated carbocycles. The third-order valence-corrected chi connectivity index (χ3v) is 6.49. The fourth-order valence-corrected chi connectivity index (χ4v) is 5.74. The summed E-state index contributed by atoms with van der Waals surface area (Å²) < 4.78 is 8.70. The first kappa shape index (κ1) is 25.1. The average Bonchev–Trinajstić information content (AvgIpc) is 2.94. The number of aryl methyl sites for hydroxylation is 1. The lowest BCUT2D eigenvalue weighted by atomic mass is 9.84. The molecule has 29 heavy (non-hydrogen) atoms. The molecule has 2 aromatic rings. The molecule has 3 nitrogen and oxygen atoms in total. The fraction of sp³-hybridized carbons (Fsp3) is 0.455. The van der Waals surface area contributed by atoms with E-state index in [1.165, 1.54) is 23.1 Å². The molecule has 0 spiro atoms. The molecule has 1 aliphatic carbocycles. The number of rotatable bonds is 4. The van der Waals surface area contributed by atoms with Gasteiger partial charge in [-0.15, -0.1) is 24.8 Å². The van der Waals surface area contributed by atoms with Crippen LogP contribution < -0.4 is 5.32 Å². The number of fused-ring (bicyclic) bond motifs is 1. The van der Waals surface area contributed by atoms with Gasteiger partial charge in [0, 0.05) is 28.6 Å². The van der Waals surface area contributed by atoms with E-state index in [0.717, 1.165) is 48.0 Å². The van der Waals surface area contributed by atoms with Crippen molar-refractivity contribution >= 4 is 56.7 Å². The molecule has 7 heteroatoms. The molecule has 1 aliphatic heterocycles. The molecule has 2 aromatic carbocycles. The SMILES string of the molecule is Brc1cc(Br)cc(CO[C@@H]2CCc3ccccc3[C@H]2N2CCCNCC2)c1.Cl.Cl. The molecule has 160 valence electrons. The number of nitrogens with one attached hydrogen (secondary N) is 1. The van der Waals surface area contributed by atoms with Crippen LogP contribution in [-0.4, -0.2) is 37.2 Å². The summed E-state index contributed by atoms with van der Waals surface area (Å²) in [5, 5.41) is 3.53. The Morgan fingerprint density at radius 2 is 1.76 bits per heavy atom. The highest BCUT2D eigenvalue weighted by Crippen LogP contribution is 2.37. The maximum atomic E-state index is 6.54. The van der Waals surface area contributed by atoms with Gasteiger partial charge in [-0.25, -0.2) is 0 Å². The Morgan fingerprint density at radius 1 is 1.00 bits per heavy atom. The van der Waals surface area contributed by atoms with Crippen LogP contribution in [0.1, 0.15) is 35.6 Å². The van der Waals surface area contributed by atoms with Crippen molar-refractivity contribution in [1.29, 1.82) is 0 Å². The number of ether oxygens (including phenoxy) is 1. The Balaban J connectivity index is 0.00000150. The molecule has 2 atom stereocenters. The minimum absolute atomic E-state index is 0. The summed E-state index contributed by atoms with van der Waals surface area (Å²) in [6.07, 6.45) is 3.62. The number of hydrogen-bond acceptors (Lipinski definition) is 3. The highest BCUT2D eigenvalue weighted by atomic mass is 79.9. The van der Waals surface area contributed by atoms with E-state index in [9.17, 15) is 0 Å². The summed E-state index contributed by atoms with van der Waals surface area (Å²) in [5.74, 6) is 0. The summed E-state index contributed by atoms with van der Waals surface area (Å²) in [4.78, 5) is 2.64. The van der Waals surface area contributed by atoms with Crippen LogP contribution in [0.2, 0.25) is 0 Å². The van der Waals surface area contributed by atoms with Crippen LogP contribution in [-0.2, 0) is 17.8 Å². The molecule has 1 N–H and O–H groups in total. The molecule has 1 fully saturated rings. The smallest absolute Gasteiger partial charge is 0.0779 e. The van der Waals surface area contributed by atoms with E-state index >= 15 is 0 Å². The first-order valence-electron chi connectivity index (χ1n) is 9.80. The van der Waals surface area contributed by atoms with Crippen molar-refractivity contribution < 1.29 is 4.74 Å². The Hall–Kier alpha value is -0.140. The van der Waals surface area contributed by atoms with E-state index in [2.05, 4.69) is 84.5 Å². The van der Waals surface area contributed by atoms with Crippen LogP contribution in [0.15, 0.2) is 51.4 Å². The monoisotopic (exact) mass is 564 g/mol. The quantitative estimate of drug-likeness (QED) is 0.497. The zero-order valence-corrected chi connectivity index (χ0v) is 21.1. The van der Waals surface area contributed by atoms with Gasteiger partial charge in [-0.1, -0.05) is 56.1 Å². The maximum absolute atomic E-state index is 6.54. The predicted molar refractivity (Wildman–Crippen MR) is 131 cm³/mol. The highest BCUT2D eigenvalue weighted by Gasteiger charge is 2.34. The Labute approximate surface area is 203 Å². The van der Waals surface area contributed by atoms with Gasteiger partial charge in [-0.3, -0.25) is 4.90 Å². The topological polar surface area (TPSA) is 24.5 Å². The highest BCUT2D eigenvalue weighted by molar-refractivity contribution is 9.11. The van der Waals surface area contributed by atoms with Gasteiger partial charge in [0.05, 0.1) is 18.8 Å². The lowest BCUT2D eigenvalue weighted by molar-refractivity contribution is -0.0336. The van der Waals surface area contributed by atoms with E-state index in [0.29, 0.717) is 12.6 Å². The molecule has 4 rings (SSSR count). The second kappa shape index (κ2) is 12.0. The molecule has 0 unspecified atom stereocenters. The third kappa shape index (κ3) is 6.42. The molecule has 0 aromatic heterocycles. The van der Waals surface area contributed by atoms with Crippen molar-refractivity contribution in [2.75, 3.05) is 26.2 Å². The predicted octanol–water partition coefficient (Wildman–Crippen LogP) is 5.92. The summed E-state index contributed by atoms with van der Waals surface area (Å²) in [5.41, 5.74) is 4.15. The maximum Gasteiger partial charge on any atom is 0.0779 e. The van der Waals surface area contributed by atoms with Crippen LogP contribution in [0.25, 0.3) is 0 Å². The van der Waals surface area contributed by atoms with Crippen LogP contribution in [0.5, 0.6) is 0 Å². The van der Waals surface area contributed by atoms with Gasteiger partial charge in [0.15, 0.2) is 0 Å². The Morgan fingerprint density at radius 3 is 2.55 bits per heavy atom. The first-order chi connectivity index (χ1) is 13.2. The second-order valence-electron chi connectivity index (χ2n) is 7.45. The van der Waals surface area contributed by atoms with Crippen molar-refractivity contribution in [3.63, 3.8) is 0 Å². The number of nitrogens with zero attached hydrogens (tertiary/aromatic N) is 1. The summed E-state index contributed by atoms with van der Waals surface area (Å²) >= 11 is 7.17. The molecule has 2 aliphatic rings. The zero-order chi connectivity index (χ0) is 18.6. The van der Waals surface area contributed by atoms with Gasteiger partial charge in [-0.05, 0) is 60.7 Å². The summed E-state index contributed by atoms with van der Waals surface area (Å²) in [6.45, 7) is 5.04. The lowest BCUT2D eigenvalue weighted by Gasteiger charge is -2.40. The van der Waals surface area contributed by atoms with E-state index in [-0.39, 0.29) is 30.9 Å². The second-order valence-corrected chi connectivity index (χ2v) is 9.28. The average molecular weight is 567 g/mol. The van der Waals surface area contributed by atoms with Crippen molar-refractivity contribution in [3.05, 3.63) is 68.1 Å². The molecule has 0 radical (unpaired) electrons. The molecule has 0 amide bonds. The van der Waals surface area contributed by atoms with Crippen molar-refractivity contribution in [1.82, 2.24) is 10.2 Å². The largest absolute Gasteiger partial charge is 0.372 e. The summed E-state index contributed by atoms with van der Waals surface area (Å²) in [7, 11) is 0. The summed E-state index contributed by atoms with van der Waals surface area (Å²) in [6, 6.07) is 15.6. The molecule has 1 heterocycles. The van der Waals surface area contributed by atoms with Crippen LogP contribution in [0, 0.1) is 0 Å². The standard InChI is InChI=1S/C22H26Br2N2O.2ClH/c23-18-12-16(13-19(24)14-18)15-27-21-7-6-17-4-1-2-5-20(17)22(21)26-10-3-8-25-9-11-26;;/h1-2,4-5,12-14,21-22,25H,3,6-11,15H2;2*1H/t21-,22-;;/m1../s1. The van der Waals surface area contributed by atoms with Gasteiger partial charge >= 0.3 is 0 Å². The van der Waals surface area contributed by atoms with Crippen molar-refractivity contribution in [2.45, 2.75) is 38.0 Å². The number of halogens is 4. The van der Waals surface area contributed by atoms with Crippen molar-refractivity contribution in [3.8, 4) is 0 Å². The van der Waals surface area contributed by atoms with Gasteiger partial charge in [0.2, 0.25) is 0 Å². The van der Waals surface area contributed by atoms with Gasteiger partial charge < -0.3 is 10.1 Å². The van der Waals surface area contributed by atoms with Gasteiger partial charge in [-0.2, -0.15) is 0 Å². The molecular weight excluding hydrogens is 539 g/mol.